The number of carbonyl (C=O) groups excluding carboxylic acids is 3. The molecule has 0 spiro atoms. The van der Waals surface area contributed by atoms with Crippen LogP contribution in [0.1, 0.15) is 38.1 Å². The van der Waals surface area contributed by atoms with E-state index in [1.165, 1.54) is 49.4 Å². The molecule has 0 bridgehead atoms. The monoisotopic (exact) mass is 477 g/mol. The van der Waals surface area contributed by atoms with E-state index in [9.17, 15) is 22.8 Å². The number of para-hydroxylation sites is 1. The highest BCUT2D eigenvalue weighted by molar-refractivity contribution is 7.92. The van der Waals surface area contributed by atoms with Gasteiger partial charge in [-0.3, -0.25) is 14.8 Å². The number of anilines is 1. The third-order valence-corrected chi connectivity index (χ3v) is 5.53. The van der Waals surface area contributed by atoms with Gasteiger partial charge in [-0.1, -0.05) is 12.1 Å². The highest BCUT2D eigenvalue weighted by atomic mass is 32.2. The summed E-state index contributed by atoms with van der Waals surface area (Å²) < 4.78 is 38.3. The van der Waals surface area contributed by atoms with Crippen molar-refractivity contribution in [3.8, 4) is 5.75 Å². The lowest BCUT2D eigenvalue weighted by molar-refractivity contribution is -0.127. The van der Waals surface area contributed by atoms with Crippen LogP contribution in [-0.4, -0.2) is 45.1 Å². The second-order valence-electron chi connectivity index (χ2n) is 7.22. The minimum Gasteiger partial charge on any atom is -0.494 e. The fourth-order valence-corrected chi connectivity index (χ4v) is 3.70. The van der Waals surface area contributed by atoms with Crippen molar-refractivity contribution in [2.75, 3.05) is 11.3 Å². The number of hydrogen-bond donors (Lipinski definition) is 3. The molecule has 10 nitrogen and oxygen atoms in total. The first-order chi connectivity index (χ1) is 15.5. The second kappa shape index (κ2) is 11.3. The molecular formula is C22H27N3O7S. The molecule has 2 aromatic carbocycles. The summed E-state index contributed by atoms with van der Waals surface area (Å²) in [5, 5.41) is 4.55. The Morgan fingerprint density at radius 3 is 2.21 bits per heavy atom. The lowest BCUT2D eigenvalue weighted by Crippen LogP contribution is -2.46. The predicted molar refractivity (Wildman–Crippen MR) is 122 cm³/mol. The molecule has 33 heavy (non-hydrogen) atoms. The molecule has 178 valence electrons. The first-order valence-corrected chi connectivity index (χ1v) is 11.7. The molecule has 0 fully saturated rings. The van der Waals surface area contributed by atoms with Crippen molar-refractivity contribution in [1.82, 2.24) is 10.6 Å². The van der Waals surface area contributed by atoms with E-state index < -0.39 is 34.0 Å². The van der Waals surface area contributed by atoms with Crippen LogP contribution in [0.25, 0.3) is 0 Å². The van der Waals surface area contributed by atoms with Gasteiger partial charge in [0.05, 0.1) is 22.8 Å². The van der Waals surface area contributed by atoms with E-state index in [0.717, 1.165) is 0 Å². The topological polar surface area (TPSA) is 140 Å². The molecule has 2 aromatic rings. The maximum atomic E-state index is 12.8. The lowest BCUT2D eigenvalue weighted by atomic mass is 10.2. The van der Waals surface area contributed by atoms with E-state index in [2.05, 4.69) is 15.4 Å². The van der Waals surface area contributed by atoms with Gasteiger partial charge in [-0.25, -0.2) is 18.0 Å². The first kappa shape index (κ1) is 25.7. The summed E-state index contributed by atoms with van der Waals surface area (Å²) in [6, 6.07) is 10.7. The Morgan fingerprint density at radius 2 is 1.61 bits per heavy atom. The van der Waals surface area contributed by atoms with Crippen molar-refractivity contribution < 1.29 is 32.3 Å². The number of benzene rings is 2. The average Bonchev–Trinajstić information content (AvgIpc) is 2.73. The molecule has 0 aliphatic heterocycles. The second-order valence-corrected chi connectivity index (χ2v) is 8.90. The van der Waals surface area contributed by atoms with Crippen molar-refractivity contribution in [2.45, 2.75) is 44.7 Å². The number of rotatable bonds is 9. The van der Waals surface area contributed by atoms with E-state index >= 15 is 0 Å². The normalized spacial score (nSPS) is 11.9. The number of urea groups is 1. The quantitative estimate of drug-likeness (QED) is 0.472. The molecule has 0 aliphatic rings. The van der Waals surface area contributed by atoms with E-state index in [1.54, 1.807) is 19.9 Å². The van der Waals surface area contributed by atoms with Crippen molar-refractivity contribution in [3.05, 3.63) is 54.1 Å². The van der Waals surface area contributed by atoms with Gasteiger partial charge in [-0.05, 0) is 64.1 Å². The van der Waals surface area contributed by atoms with Crippen LogP contribution in [0.15, 0.2) is 53.4 Å². The summed E-state index contributed by atoms with van der Waals surface area (Å²) in [7, 11) is -4.02. The molecule has 0 saturated carbocycles. The molecule has 1 unspecified atom stereocenters. The molecule has 0 heterocycles. The van der Waals surface area contributed by atoms with Gasteiger partial charge in [0.15, 0.2) is 6.10 Å². The van der Waals surface area contributed by atoms with Gasteiger partial charge in [0, 0.05) is 6.04 Å². The molecule has 1 atom stereocenters. The van der Waals surface area contributed by atoms with Crippen LogP contribution in [0, 0.1) is 0 Å². The zero-order valence-corrected chi connectivity index (χ0v) is 19.6. The SMILES string of the molecule is CCOc1ccc(S(=O)(=O)Nc2ccccc2C(=O)OC(C)C(=O)NC(=O)NC(C)C)cc1. The van der Waals surface area contributed by atoms with E-state index in [4.69, 9.17) is 9.47 Å². The van der Waals surface area contributed by atoms with E-state index in [0.29, 0.717) is 12.4 Å². The van der Waals surface area contributed by atoms with Crippen LogP contribution in [-0.2, 0) is 19.6 Å². The average molecular weight is 478 g/mol. The van der Waals surface area contributed by atoms with Gasteiger partial charge in [0.1, 0.15) is 5.75 Å². The van der Waals surface area contributed by atoms with Crippen LogP contribution in [0.3, 0.4) is 0 Å². The molecule has 0 radical (unpaired) electrons. The lowest BCUT2D eigenvalue weighted by Gasteiger charge is -2.16. The van der Waals surface area contributed by atoms with Gasteiger partial charge in [-0.15, -0.1) is 0 Å². The summed E-state index contributed by atoms with van der Waals surface area (Å²) in [5.74, 6) is -1.24. The molecule has 0 saturated heterocycles. The minimum absolute atomic E-state index is 0.0263. The van der Waals surface area contributed by atoms with Gasteiger partial charge < -0.3 is 14.8 Å². The molecule has 3 N–H and O–H groups in total. The number of ether oxygens (including phenoxy) is 2. The highest BCUT2D eigenvalue weighted by Gasteiger charge is 2.24. The van der Waals surface area contributed by atoms with Crippen LogP contribution in [0.4, 0.5) is 10.5 Å². The number of sulfonamides is 1. The van der Waals surface area contributed by atoms with Gasteiger partial charge in [0.25, 0.3) is 15.9 Å². The summed E-state index contributed by atoms with van der Waals surface area (Å²) in [6.07, 6.45) is -1.30. The first-order valence-electron chi connectivity index (χ1n) is 10.2. The Morgan fingerprint density at radius 1 is 0.970 bits per heavy atom. The Balaban J connectivity index is 2.13. The highest BCUT2D eigenvalue weighted by Crippen LogP contribution is 2.23. The van der Waals surface area contributed by atoms with Crippen molar-refractivity contribution in [1.29, 1.82) is 0 Å². The molecule has 11 heteroatoms. The minimum atomic E-state index is -4.02. The fraction of sp³-hybridized carbons (Fsp3) is 0.318. The zero-order chi connectivity index (χ0) is 24.6. The molecular weight excluding hydrogens is 450 g/mol. The maximum Gasteiger partial charge on any atom is 0.341 e. The summed E-state index contributed by atoms with van der Waals surface area (Å²) in [5.41, 5.74) is -0.125. The maximum absolute atomic E-state index is 12.8. The molecule has 3 amide bonds. The van der Waals surface area contributed by atoms with Crippen LogP contribution < -0.4 is 20.1 Å². The standard InChI is InChI=1S/C22H27N3O7S/c1-5-31-16-10-12-17(13-11-16)33(29,30)25-19-9-7-6-8-18(19)21(27)32-15(4)20(26)24-22(28)23-14(2)3/h6-15,25H,5H2,1-4H3,(H2,23,24,26,28). The Bertz CT molecular complexity index is 1100. The number of nitrogens with one attached hydrogen (secondary N) is 3. The summed E-state index contributed by atoms with van der Waals surface area (Å²) >= 11 is 0. The summed E-state index contributed by atoms with van der Waals surface area (Å²) in [6.45, 7) is 6.99. The molecule has 0 aromatic heterocycles. The van der Waals surface area contributed by atoms with Crippen molar-refractivity contribution >= 4 is 33.6 Å². The number of imide groups is 1. The van der Waals surface area contributed by atoms with Gasteiger partial charge >= 0.3 is 12.0 Å². The Labute approximate surface area is 192 Å². The number of amides is 3. The van der Waals surface area contributed by atoms with E-state index in [1.807, 2.05) is 6.92 Å². The Kier molecular flexibility index (Phi) is 8.80. The Hall–Kier alpha value is -3.60. The zero-order valence-electron chi connectivity index (χ0n) is 18.7. The molecule has 2 rings (SSSR count). The van der Waals surface area contributed by atoms with Crippen LogP contribution in [0.2, 0.25) is 0 Å². The smallest absolute Gasteiger partial charge is 0.341 e. The number of hydrogen-bond acceptors (Lipinski definition) is 7. The van der Waals surface area contributed by atoms with Crippen LogP contribution >= 0.6 is 0 Å². The summed E-state index contributed by atoms with van der Waals surface area (Å²) in [4.78, 5) is 36.4. The third kappa shape index (κ3) is 7.49. The molecule has 0 aliphatic carbocycles. The number of carbonyl (C=O) groups is 3. The van der Waals surface area contributed by atoms with Crippen LogP contribution in [0.5, 0.6) is 5.75 Å². The third-order valence-electron chi connectivity index (χ3n) is 4.15. The predicted octanol–water partition coefficient (Wildman–Crippen LogP) is 2.67. The van der Waals surface area contributed by atoms with Gasteiger partial charge in [-0.2, -0.15) is 0 Å². The van der Waals surface area contributed by atoms with Gasteiger partial charge in [0.2, 0.25) is 0 Å². The van der Waals surface area contributed by atoms with Crippen molar-refractivity contribution in [3.63, 3.8) is 0 Å². The van der Waals surface area contributed by atoms with Crippen molar-refractivity contribution in [2.24, 2.45) is 0 Å². The largest absolute Gasteiger partial charge is 0.494 e. The fourth-order valence-electron chi connectivity index (χ4n) is 2.62. The van der Waals surface area contributed by atoms with E-state index in [-0.39, 0.29) is 22.2 Å². The number of esters is 1.